The van der Waals surface area contributed by atoms with Gasteiger partial charge in [-0.05, 0) is 73.7 Å². The summed E-state index contributed by atoms with van der Waals surface area (Å²) in [5.74, 6) is -1.20. The Hall–Kier alpha value is -3.92. The normalized spacial score (nSPS) is 15.0. The van der Waals surface area contributed by atoms with Crippen LogP contribution in [0.1, 0.15) is 29.5 Å². The van der Waals surface area contributed by atoms with Gasteiger partial charge in [-0.1, -0.05) is 6.07 Å². The maximum Gasteiger partial charge on any atom is 0.329 e. The molecule has 3 amide bonds. The van der Waals surface area contributed by atoms with Gasteiger partial charge in [0.25, 0.3) is 5.91 Å². The number of nitrogens with zero attached hydrogens (tertiary/aromatic N) is 1. The molecule has 1 fully saturated rings. The fourth-order valence-electron chi connectivity index (χ4n) is 3.58. The first-order valence-electron chi connectivity index (χ1n) is 11.3. The standard InChI is InChI=1S/C25H30N4O6/c1-16-9-17(2)11-19(10-16)28-23(30)15-35-21-7-6-18(12-22(21)33-3)13-27-29-25(32)24(31)26-14-20-5-4-8-34-20/h6-7,9-13,20H,4-5,8,14-15H2,1-3H3,(H,26,31)(H,28,30)(H,29,32)/b27-13-/t20-/m1/s1. The first kappa shape index (κ1) is 25.7. The van der Waals surface area contributed by atoms with Crippen LogP contribution in [0.25, 0.3) is 0 Å². The molecule has 0 bridgehead atoms. The lowest BCUT2D eigenvalue weighted by molar-refractivity contribution is -0.139. The van der Waals surface area contributed by atoms with E-state index in [4.69, 9.17) is 14.2 Å². The molecule has 1 atom stereocenters. The number of rotatable bonds is 9. The topological polar surface area (TPSA) is 127 Å². The third kappa shape index (κ3) is 8.11. The van der Waals surface area contributed by atoms with Gasteiger partial charge in [0.05, 0.1) is 19.4 Å². The Morgan fingerprint density at radius 3 is 2.54 bits per heavy atom. The quantitative estimate of drug-likeness (QED) is 0.285. The first-order valence-corrected chi connectivity index (χ1v) is 11.3. The molecule has 2 aromatic carbocycles. The molecule has 0 radical (unpaired) electrons. The highest BCUT2D eigenvalue weighted by molar-refractivity contribution is 6.35. The van der Waals surface area contributed by atoms with E-state index in [-0.39, 0.29) is 25.2 Å². The zero-order valence-corrected chi connectivity index (χ0v) is 20.1. The predicted molar refractivity (Wildman–Crippen MR) is 131 cm³/mol. The minimum absolute atomic E-state index is 0.0544. The summed E-state index contributed by atoms with van der Waals surface area (Å²) in [6.07, 6.45) is 3.12. The van der Waals surface area contributed by atoms with Gasteiger partial charge in [0.1, 0.15) is 0 Å². The molecule has 0 aliphatic carbocycles. The van der Waals surface area contributed by atoms with Crippen LogP contribution in [0.2, 0.25) is 0 Å². The first-order chi connectivity index (χ1) is 16.8. The van der Waals surface area contributed by atoms with Crippen LogP contribution in [0.5, 0.6) is 11.5 Å². The largest absolute Gasteiger partial charge is 0.493 e. The van der Waals surface area contributed by atoms with Gasteiger partial charge < -0.3 is 24.8 Å². The molecule has 0 unspecified atom stereocenters. The average Bonchev–Trinajstić information content (AvgIpc) is 3.34. The monoisotopic (exact) mass is 482 g/mol. The minimum Gasteiger partial charge on any atom is -0.493 e. The maximum atomic E-state index is 12.3. The van der Waals surface area contributed by atoms with E-state index in [2.05, 4.69) is 21.2 Å². The molecule has 0 spiro atoms. The van der Waals surface area contributed by atoms with Crippen molar-refractivity contribution in [3.8, 4) is 11.5 Å². The highest BCUT2D eigenvalue weighted by atomic mass is 16.5. The van der Waals surface area contributed by atoms with Crippen molar-refractivity contribution in [3.05, 3.63) is 53.1 Å². The Morgan fingerprint density at radius 2 is 1.86 bits per heavy atom. The Kier molecular flexibility index (Phi) is 9.19. The van der Waals surface area contributed by atoms with Crippen LogP contribution >= 0.6 is 0 Å². The van der Waals surface area contributed by atoms with Gasteiger partial charge in [0.15, 0.2) is 18.1 Å². The number of anilines is 1. The fraction of sp³-hybridized carbons (Fsp3) is 0.360. The summed E-state index contributed by atoms with van der Waals surface area (Å²) in [5, 5.41) is 9.14. The molecule has 1 aliphatic rings. The SMILES string of the molecule is COc1cc(/C=N\NC(=O)C(=O)NC[C@H]2CCCO2)ccc1OCC(=O)Nc1cc(C)cc(C)c1. The van der Waals surface area contributed by atoms with Gasteiger partial charge in [-0.25, -0.2) is 5.43 Å². The number of ether oxygens (including phenoxy) is 3. The zero-order valence-electron chi connectivity index (χ0n) is 20.1. The van der Waals surface area contributed by atoms with Gasteiger partial charge in [-0.2, -0.15) is 5.10 Å². The molecule has 1 heterocycles. The van der Waals surface area contributed by atoms with Gasteiger partial charge >= 0.3 is 11.8 Å². The molecule has 0 aromatic heterocycles. The van der Waals surface area contributed by atoms with Gasteiger partial charge in [0.2, 0.25) is 0 Å². The summed E-state index contributed by atoms with van der Waals surface area (Å²) in [5.41, 5.74) is 5.58. The van der Waals surface area contributed by atoms with Crippen LogP contribution in [0, 0.1) is 13.8 Å². The van der Waals surface area contributed by atoms with E-state index in [1.54, 1.807) is 18.2 Å². The summed E-state index contributed by atoms with van der Waals surface area (Å²) in [4.78, 5) is 36.0. The van der Waals surface area contributed by atoms with Crippen molar-refractivity contribution >= 4 is 29.6 Å². The predicted octanol–water partition coefficient (Wildman–Crippen LogP) is 2.07. The molecule has 35 heavy (non-hydrogen) atoms. The number of carbonyl (C=O) groups excluding carboxylic acids is 3. The van der Waals surface area contributed by atoms with E-state index < -0.39 is 11.8 Å². The number of carbonyl (C=O) groups is 3. The summed E-state index contributed by atoms with van der Waals surface area (Å²) >= 11 is 0. The van der Waals surface area contributed by atoms with E-state index in [1.165, 1.54) is 13.3 Å². The number of aryl methyl sites for hydroxylation is 2. The molecule has 3 rings (SSSR count). The van der Waals surface area contributed by atoms with Crippen molar-refractivity contribution in [2.75, 3.05) is 32.2 Å². The van der Waals surface area contributed by atoms with E-state index in [0.717, 1.165) is 24.0 Å². The lowest BCUT2D eigenvalue weighted by Crippen LogP contribution is -2.41. The van der Waals surface area contributed by atoms with E-state index >= 15 is 0 Å². The third-order valence-electron chi connectivity index (χ3n) is 5.15. The zero-order chi connectivity index (χ0) is 25.2. The maximum absolute atomic E-state index is 12.3. The number of methoxy groups -OCH3 is 1. The molecule has 0 saturated carbocycles. The second-order valence-corrected chi connectivity index (χ2v) is 8.17. The number of hydrogen-bond donors (Lipinski definition) is 3. The van der Waals surface area contributed by atoms with Gasteiger partial charge in [0, 0.05) is 18.8 Å². The third-order valence-corrected chi connectivity index (χ3v) is 5.15. The van der Waals surface area contributed by atoms with Crippen molar-refractivity contribution in [3.63, 3.8) is 0 Å². The average molecular weight is 483 g/mol. The van der Waals surface area contributed by atoms with Crippen molar-refractivity contribution in [1.29, 1.82) is 0 Å². The van der Waals surface area contributed by atoms with Crippen molar-refractivity contribution in [2.24, 2.45) is 5.10 Å². The Morgan fingerprint density at radius 1 is 1.09 bits per heavy atom. The molecule has 1 aliphatic heterocycles. The summed E-state index contributed by atoms with van der Waals surface area (Å²) in [6, 6.07) is 10.7. The van der Waals surface area contributed by atoms with Crippen LogP contribution in [-0.2, 0) is 19.1 Å². The van der Waals surface area contributed by atoms with Crippen LogP contribution in [0.15, 0.2) is 41.5 Å². The molecule has 10 nitrogen and oxygen atoms in total. The molecular weight excluding hydrogens is 452 g/mol. The molecule has 186 valence electrons. The second kappa shape index (κ2) is 12.5. The minimum atomic E-state index is -0.874. The summed E-state index contributed by atoms with van der Waals surface area (Å²) < 4.78 is 16.3. The molecule has 3 N–H and O–H groups in total. The second-order valence-electron chi connectivity index (χ2n) is 8.17. The highest BCUT2D eigenvalue weighted by Gasteiger charge is 2.19. The van der Waals surface area contributed by atoms with Crippen LogP contribution in [0.3, 0.4) is 0 Å². The Bertz CT molecular complexity index is 1080. The van der Waals surface area contributed by atoms with Crippen molar-refractivity contribution in [2.45, 2.75) is 32.8 Å². The number of hydrazone groups is 1. The highest BCUT2D eigenvalue weighted by Crippen LogP contribution is 2.27. The fourth-order valence-corrected chi connectivity index (χ4v) is 3.58. The summed E-state index contributed by atoms with van der Waals surface area (Å²) in [6.45, 7) is 4.68. The van der Waals surface area contributed by atoms with E-state index in [1.807, 2.05) is 32.0 Å². The molecule has 10 heteroatoms. The number of hydrogen-bond acceptors (Lipinski definition) is 7. The lowest BCUT2D eigenvalue weighted by Gasteiger charge is -2.12. The number of nitrogens with one attached hydrogen (secondary N) is 3. The van der Waals surface area contributed by atoms with Crippen molar-refractivity contribution < 1.29 is 28.6 Å². The van der Waals surface area contributed by atoms with Crippen LogP contribution < -0.4 is 25.5 Å². The number of benzene rings is 2. The van der Waals surface area contributed by atoms with E-state index in [0.29, 0.717) is 29.4 Å². The molecular formula is C25H30N4O6. The van der Waals surface area contributed by atoms with E-state index in [9.17, 15) is 14.4 Å². The number of amides is 3. The smallest absolute Gasteiger partial charge is 0.329 e. The molecule has 1 saturated heterocycles. The summed E-state index contributed by atoms with van der Waals surface area (Å²) in [7, 11) is 1.47. The lowest BCUT2D eigenvalue weighted by atomic mass is 10.1. The van der Waals surface area contributed by atoms with Crippen molar-refractivity contribution in [1.82, 2.24) is 10.7 Å². The van der Waals surface area contributed by atoms with Crippen LogP contribution in [0.4, 0.5) is 5.69 Å². The van der Waals surface area contributed by atoms with Gasteiger partial charge in [-0.15, -0.1) is 0 Å². The van der Waals surface area contributed by atoms with Gasteiger partial charge in [-0.3, -0.25) is 14.4 Å². The van der Waals surface area contributed by atoms with Crippen LogP contribution in [-0.4, -0.2) is 56.9 Å². The Balaban J connectivity index is 1.48. The molecule has 2 aromatic rings. The Labute approximate surface area is 204 Å².